The largest absolute Gasteiger partial charge is 0.508 e. The highest BCUT2D eigenvalue weighted by molar-refractivity contribution is 5.36. The molecule has 1 aromatic carbocycles. The number of phenols is 1. The Morgan fingerprint density at radius 1 is 1.36 bits per heavy atom. The van der Waals surface area contributed by atoms with E-state index in [1.165, 1.54) is 5.56 Å². The summed E-state index contributed by atoms with van der Waals surface area (Å²) in [5.74, 6) is 1.45. The van der Waals surface area contributed by atoms with Crippen LogP contribution in [0.5, 0.6) is 5.75 Å². The first-order valence-corrected chi connectivity index (χ1v) is 7.39. The number of aromatic nitrogens is 2. The fourth-order valence-electron chi connectivity index (χ4n) is 2.58. The van der Waals surface area contributed by atoms with Crippen LogP contribution in [-0.2, 0) is 29.8 Å². The quantitative estimate of drug-likeness (QED) is 0.933. The minimum absolute atomic E-state index is 0.308. The lowest BCUT2D eigenvalue weighted by Crippen LogP contribution is -2.30. The molecule has 0 radical (unpaired) electrons. The number of aromatic hydroxyl groups is 1. The molecule has 0 fully saturated rings. The van der Waals surface area contributed by atoms with Gasteiger partial charge in [0, 0.05) is 20.2 Å². The number of hydrogen-bond donors (Lipinski definition) is 1. The summed E-state index contributed by atoms with van der Waals surface area (Å²) in [5.41, 5.74) is 1.89. The molecule has 2 aromatic rings. The summed E-state index contributed by atoms with van der Waals surface area (Å²) < 4.78 is 10.7. The van der Waals surface area contributed by atoms with E-state index in [0.717, 1.165) is 25.1 Å². The maximum Gasteiger partial charge on any atom is 0.240 e. The third kappa shape index (κ3) is 2.98. The van der Waals surface area contributed by atoms with Crippen molar-refractivity contribution in [2.24, 2.45) is 0 Å². The second kappa shape index (κ2) is 5.70. The third-order valence-electron chi connectivity index (χ3n) is 4.16. The number of benzene rings is 1. The van der Waals surface area contributed by atoms with Gasteiger partial charge in [0.1, 0.15) is 11.4 Å². The second-order valence-electron chi connectivity index (χ2n) is 6.14. The molecule has 118 valence electrons. The van der Waals surface area contributed by atoms with E-state index >= 15 is 0 Å². The molecule has 22 heavy (non-hydrogen) atoms. The number of nitrogens with zero attached hydrogens (tertiary/aromatic N) is 3. The lowest BCUT2D eigenvalue weighted by atomic mass is 9.99. The van der Waals surface area contributed by atoms with Crippen LogP contribution < -0.4 is 0 Å². The summed E-state index contributed by atoms with van der Waals surface area (Å²) >= 11 is 0. The van der Waals surface area contributed by atoms with Crippen molar-refractivity contribution >= 4 is 0 Å². The Labute approximate surface area is 129 Å². The highest BCUT2D eigenvalue weighted by Crippen LogP contribution is 2.25. The van der Waals surface area contributed by atoms with E-state index in [1.54, 1.807) is 13.2 Å². The van der Waals surface area contributed by atoms with Crippen molar-refractivity contribution in [3.63, 3.8) is 0 Å². The summed E-state index contributed by atoms with van der Waals surface area (Å²) in [6.07, 6.45) is 0.959. The van der Waals surface area contributed by atoms with Gasteiger partial charge in [-0.05, 0) is 43.5 Å². The fourth-order valence-corrected chi connectivity index (χ4v) is 2.58. The molecule has 1 aliphatic rings. The molecular formula is C16H21N3O3. The smallest absolute Gasteiger partial charge is 0.240 e. The van der Waals surface area contributed by atoms with Crippen LogP contribution in [0.15, 0.2) is 22.7 Å². The Morgan fingerprint density at radius 2 is 2.18 bits per heavy atom. The topological polar surface area (TPSA) is 71.6 Å². The van der Waals surface area contributed by atoms with Crippen molar-refractivity contribution < 1.29 is 14.4 Å². The van der Waals surface area contributed by atoms with Gasteiger partial charge in [-0.3, -0.25) is 4.90 Å². The molecule has 6 nitrogen and oxygen atoms in total. The molecule has 0 spiro atoms. The first kappa shape index (κ1) is 15.0. The average Bonchev–Trinajstić information content (AvgIpc) is 2.96. The van der Waals surface area contributed by atoms with E-state index in [2.05, 4.69) is 15.0 Å². The van der Waals surface area contributed by atoms with E-state index in [4.69, 9.17) is 9.26 Å². The molecule has 1 aromatic heterocycles. The molecule has 0 bridgehead atoms. The van der Waals surface area contributed by atoms with Crippen LogP contribution in [0.1, 0.15) is 36.7 Å². The molecular weight excluding hydrogens is 282 g/mol. The molecule has 0 amide bonds. The minimum atomic E-state index is -0.554. The maximum absolute atomic E-state index is 9.61. The Hall–Kier alpha value is -1.92. The summed E-state index contributed by atoms with van der Waals surface area (Å²) in [6, 6.07) is 5.56. The summed E-state index contributed by atoms with van der Waals surface area (Å²) in [5, 5.41) is 13.6. The van der Waals surface area contributed by atoms with Gasteiger partial charge in [0.25, 0.3) is 0 Å². The minimum Gasteiger partial charge on any atom is -0.508 e. The van der Waals surface area contributed by atoms with E-state index in [0.29, 0.717) is 24.0 Å². The zero-order chi connectivity index (χ0) is 15.7. The number of ether oxygens (including phenoxy) is 1. The Balaban J connectivity index is 1.70. The zero-order valence-electron chi connectivity index (χ0n) is 13.2. The van der Waals surface area contributed by atoms with Crippen LogP contribution in [0.25, 0.3) is 0 Å². The maximum atomic E-state index is 9.61. The van der Waals surface area contributed by atoms with Gasteiger partial charge in [0.2, 0.25) is 11.7 Å². The standard InChI is InChI=1S/C16H21N3O3/c1-16(2,21-3)15-17-14(22-18-15)10-19-7-6-11-4-5-13(20)8-12(11)9-19/h4-5,8,20H,6-7,9-10H2,1-3H3. The van der Waals surface area contributed by atoms with Crippen molar-refractivity contribution in [1.29, 1.82) is 0 Å². The van der Waals surface area contributed by atoms with Gasteiger partial charge in [-0.25, -0.2) is 0 Å². The zero-order valence-corrected chi connectivity index (χ0v) is 13.2. The van der Waals surface area contributed by atoms with Gasteiger partial charge in [-0.15, -0.1) is 0 Å². The normalized spacial score (nSPS) is 15.8. The molecule has 1 aliphatic heterocycles. The molecule has 0 saturated heterocycles. The van der Waals surface area contributed by atoms with Gasteiger partial charge >= 0.3 is 0 Å². The fraction of sp³-hybridized carbons (Fsp3) is 0.500. The predicted octanol–water partition coefficient (Wildman–Crippen LogP) is 2.21. The van der Waals surface area contributed by atoms with Gasteiger partial charge in [-0.1, -0.05) is 11.2 Å². The van der Waals surface area contributed by atoms with Crippen molar-refractivity contribution in [3.8, 4) is 5.75 Å². The Bertz CT molecular complexity index is 666. The second-order valence-corrected chi connectivity index (χ2v) is 6.14. The SMILES string of the molecule is COC(C)(C)c1noc(CN2CCc3ccc(O)cc3C2)n1. The molecule has 0 saturated carbocycles. The number of rotatable bonds is 4. The first-order chi connectivity index (χ1) is 10.5. The Kier molecular flexibility index (Phi) is 3.88. The van der Waals surface area contributed by atoms with E-state index in [-0.39, 0.29) is 0 Å². The molecule has 6 heteroatoms. The highest BCUT2D eigenvalue weighted by Gasteiger charge is 2.27. The first-order valence-electron chi connectivity index (χ1n) is 7.39. The number of hydrogen-bond acceptors (Lipinski definition) is 6. The van der Waals surface area contributed by atoms with Crippen molar-refractivity contribution in [1.82, 2.24) is 15.0 Å². The monoisotopic (exact) mass is 303 g/mol. The van der Waals surface area contributed by atoms with E-state index < -0.39 is 5.60 Å². The molecule has 2 heterocycles. The van der Waals surface area contributed by atoms with E-state index in [9.17, 15) is 5.11 Å². The third-order valence-corrected chi connectivity index (χ3v) is 4.16. The predicted molar refractivity (Wildman–Crippen MR) is 80.3 cm³/mol. The number of fused-ring (bicyclic) bond motifs is 1. The van der Waals surface area contributed by atoms with Gasteiger partial charge < -0.3 is 14.4 Å². The van der Waals surface area contributed by atoms with Crippen LogP contribution in [0.2, 0.25) is 0 Å². The van der Waals surface area contributed by atoms with Crippen LogP contribution in [0.3, 0.4) is 0 Å². The molecule has 0 atom stereocenters. The van der Waals surface area contributed by atoms with Gasteiger partial charge in [-0.2, -0.15) is 4.98 Å². The van der Waals surface area contributed by atoms with Crippen molar-refractivity contribution in [2.45, 2.75) is 39.0 Å². The molecule has 3 rings (SSSR count). The molecule has 0 unspecified atom stereocenters. The summed E-state index contributed by atoms with van der Waals surface area (Å²) in [4.78, 5) is 6.66. The molecule has 0 aliphatic carbocycles. The lowest BCUT2D eigenvalue weighted by Gasteiger charge is -2.27. The molecule has 1 N–H and O–H groups in total. The summed E-state index contributed by atoms with van der Waals surface area (Å²) in [6.45, 7) is 6.11. The van der Waals surface area contributed by atoms with Crippen LogP contribution in [-0.4, -0.2) is 33.8 Å². The number of phenolic OH excluding ortho intramolecular Hbond substituents is 1. The van der Waals surface area contributed by atoms with Crippen molar-refractivity contribution in [2.75, 3.05) is 13.7 Å². The number of methoxy groups -OCH3 is 1. The lowest BCUT2D eigenvalue weighted by molar-refractivity contribution is 0.00973. The van der Waals surface area contributed by atoms with Crippen LogP contribution in [0.4, 0.5) is 0 Å². The van der Waals surface area contributed by atoms with Crippen LogP contribution >= 0.6 is 0 Å². The van der Waals surface area contributed by atoms with Crippen molar-refractivity contribution in [3.05, 3.63) is 41.0 Å². The van der Waals surface area contributed by atoms with Gasteiger partial charge in [0.05, 0.1) is 6.54 Å². The Morgan fingerprint density at radius 3 is 2.95 bits per heavy atom. The summed E-state index contributed by atoms with van der Waals surface area (Å²) in [7, 11) is 1.63. The van der Waals surface area contributed by atoms with E-state index in [1.807, 2.05) is 26.0 Å². The average molecular weight is 303 g/mol. The van der Waals surface area contributed by atoms with Gasteiger partial charge in [0.15, 0.2) is 0 Å². The van der Waals surface area contributed by atoms with Crippen LogP contribution in [0, 0.1) is 0 Å². The highest BCUT2D eigenvalue weighted by atomic mass is 16.5.